The Balaban J connectivity index is 1.82. The zero-order valence-corrected chi connectivity index (χ0v) is 24.0. The summed E-state index contributed by atoms with van der Waals surface area (Å²) in [7, 11) is 0. The fraction of sp³-hybridized carbons (Fsp3) is 0.360. The summed E-state index contributed by atoms with van der Waals surface area (Å²) in [6.45, 7) is 3.15. The summed E-state index contributed by atoms with van der Waals surface area (Å²) in [6, 6.07) is 2.09. The molecular weight excluding hydrogens is 637 g/mol. The van der Waals surface area contributed by atoms with E-state index in [2.05, 4.69) is 31.2 Å². The second-order valence-electron chi connectivity index (χ2n) is 8.78. The highest BCUT2D eigenvalue weighted by molar-refractivity contribution is 9.10. The molecule has 0 amide bonds. The molecule has 3 aromatic rings. The van der Waals surface area contributed by atoms with E-state index in [4.69, 9.17) is 18.9 Å². The third kappa shape index (κ3) is 7.42. The van der Waals surface area contributed by atoms with Gasteiger partial charge in [0.15, 0.2) is 29.7 Å². The number of carbonyl (C=O) groups excluding carboxylic acids is 3. The number of carbonyl (C=O) groups is 3. The number of aromatic nitrogens is 4. The number of hydrogen-bond donors (Lipinski definition) is 0. The van der Waals surface area contributed by atoms with Crippen LogP contribution < -0.4 is 0 Å². The minimum Gasteiger partial charge on any atom is -0.463 e. The first-order valence-electron chi connectivity index (χ1n) is 11.9. The quantitative estimate of drug-likeness (QED) is 0.198. The lowest BCUT2D eigenvalue weighted by atomic mass is 9.96. The highest BCUT2D eigenvalue weighted by atomic mass is 79.9. The van der Waals surface area contributed by atoms with Gasteiger partial charge in [-0.05, 0) is 34.1 Å². The molecule has 1 fully saturated rings. The number of pyridine rings is 1. The summed E-state index contributed by atoms with van der Waals surface area (Å²) in [5.74, 6) is -6.58. The zero-order chi connectivity index (χ0) is 29.8. The highest BCUT2D eigenvalue weighted by Gasteiger charge is 2.52. The first-order chi connectivity index (χ1) is 19.4. The van der Waals surface area contributed by atoms with Gasteiger partial charge < -0.3 is 18.9 Å². The molecule has 3 heterocycles. The minimum atomic E-state index is -1.65. The molecule has 1 aliphatic heterocycles. The summed E-state index contributed by atoms with van der Waals surface area (Å²) in [6.07, 6.45) is 0.862. The van der Waals surface area contributed by atoms with Crippen LogP contribution in [0.15, 0.2) is 46.2 Å². The van der Waals surface area contributed by atoms with Crippen molar-refractivity contribution in [3.63, 3.8) is 0 Å². The number of thioether (sulfide) groups is 1. The Hall–Kier alpha value is -3.50. The van der Waals surface area contributed by atoms with Crippen LogP contribution in [0.3, 0.4) is 0 Å². The second-order valence-corrected chi connectivity index (χ2v) is 10.9. The van der Waals surface area contributed by atoms with Crippen LogP contribution in [0.4, 0.5) is 13.2 Å². The van der Waals surface area contributed by atoms with Gasteiger partial charge in [-0.1, -0.05) is 17.0 Å². The maximum atomic E-state index is 13.9. The normalized spacial score (nSPS) is 22.2. The molecule has 2 aromatic heterocycles. The van der Waals surface area contributed by atoms with Crippen molar-refractivity contribution in [1.82, 2.24) is 20.0 Å². The predicted molar refractivity (Wildman–Crippen MR) is 139 cm³/mol. The molecule has 1 aromatic carbocycles. The molecule has 41 heavy (non-hydrogen) atoms. The smallest absolute Gasteiger partial charge is 0.303 e. The van der Waals surface area contributed by atoms with Gasteiger partial charge >= 0.3 is 17.9 Å². The molecule has 0 bridgehead atoms. The predicted octanol–water partition coefficient (Wildman–Crippen LogP) is 4.00. The van der Waals surface area contributed by atoms with Crippen molar-refractivity contribution in [2.75, 3.05) is 6.61 Å². The van der Waals surface area contributed by atoms with E-state index in [-0.39, 0.29) is 17.9 Å². The molecule has 0 spiro atoms. The van der Waals surface area contributed by atoms with E-state index < -0.39 is 65.1 Å². The number of halogens is 4. The van der Waals surface area contributed by atoms with Gasteiger partial charge in [0.25, 0.3) is 0 Å². The molecule has 4 rings (SSSR count). The van der Waals surface area contributed by atoms with Crippen molar-refractivity contribution in [2.45, 2.75) is 55.5 Å². The van der Waals surface area contributed by atoms with E-state index in [1.54, 1.807) is 18.5 Å². The average molecular weight is 659 g/mol. The lowest BCUT2D eigenvalue weighted by Crippen LogP contribution is -2.57. The first-order valence-corrected chi connectivity index (χ1v) is 13.6. The Morgan fingerprint density at radius 1 is 1.00 bits per heavy atom. The van der Waals surface area contributed by atoms with Crippen molar-refractivity contribution in [1.29, 1.82) is 0 Å². The molecule has 218 valence electrons. The molecule has 0 radical (unpaired) electrons. The molecular formula is C25H22BrF3N4O7S. The first kappa shape index (κ1) is 30.5. The molecule has 16 heteroatoms. The van der Waals surface area contributed by atoms with Gasteiger partial charge in [0, 0.05) is 48.1 Å². The zero-order valence-electron chi connectivity index (χ0n) is 21.6. The van der Waals surface area contributed by atoms with Gasteiger partial charge in [0.2, 0.25) is 0 Å². The molecule has 1 aliphatic rings. The van der Waals surface area contributed by atoms with E-state index in [0.717, 1.165) is 30.8 Å². The average Bonchev–Trinajstić information content (AvgIpc) is 3.37. The second kappa shape index (κ2) is 13.0. The molecule has 0 saturated carbocycles. The number of esters is 3. The molecule has 5 atom stereocenters. The Kier molecular flexibility index (Phi) is 9.65. The Bertz CT molecular complexity index is 1440. The van der Waals surface area contributed by atoms with Crippen LogP contribution in [0.5, 0.6) is 0 Å². The van der Waals surface area contributed by atoms with Crippen LogP contribution >= 0.6 is 27.7 Å². The molecule has 3 unspecified atom stereocenters. The summed E-state index contributed by atoms with van der Waals surface area (Å²) >= 11 is 4.46. The van der Waals surface area contributed by atoms with E-state index in [9.17, 15) is 27.6 Å². The third-order valence-electron chi connectivity index (χ3n) is 5.70. The van der Waals surface area contributed by atoms with Crippen molar-refractivity contribution >= 4 is 45.6 Å². The minimum absolute atomic E-state index is 0.0608. The molecule has 1 saturated heterocycles. The van der Waals surface area contributed by atoms with Crippen LogP contribution in [0.2, 0.25) is 0 Å². The SMILES string of the molecule is CC(=O)OCC1O[C@H](Sc2cncc(Br)c2)C(OC(C)=O)C(n2cc(-c3cc(F)c(F)c(F)c3)nn2)[C@H]1OC(C)=O. The van der Waals surface area contributed by atoms with E-state index in [1.165, 1.54) is 24.7 Å². The Labute approximate surface area is 243 Å². The highest BCUT2D eigenvalue weighted by Crippen LogP contribution is 2.41. The van der Waals surface area contributed by atoms with Crippen LogP contribution in [-0.2, 0) is 33.3 Å². The fourth-order valence-electron chi connectivity index (χ4n) is 4.13. The maximum Gasteiger partial charge on any atom is 0.303 e. The van der Waals surface area contributed by atoms with E-state index in [0.29, 0.717) is 9.37 Å². The third-order valence-corrected chi connectivity index (χ3v) is 7.24. The van der Waals surface area contributed by atoms with E-state index in [1.807, 2.05) is 0 Å². The van der Waals surface area contributed by atoms with E-state index >= 15 is 0 Å². The number of rotatable bonds is 8. The fourth-order valence-corrected chi connectivity index (χ4v) is 5.78. The van der Waals surface area contributed by atoms with Crippen LogP contribution in [0.25, 0.3) is 11.3 Å². The van der Waals surface area contributed by atoms with Crippen molar-refractivity contribution < 1.29 is 46.5 Å². The number of ether oxygens (including phenoxy) is 4. The van der Waals surface area contributed by atoms with Crippen LogP contribution in [0.1, 0.15) is 26.8 Å². The van der Waals surface area contributed by atoms with Gasteiger partial charge in [-0.15, -0.1) is 5.10 Å². The van der Waals surface area contributed by atoms with Gasteiger partial charge in [0.1, 0.15) is 29.9 Å². The summed E-state index contributed by atoms with van der Waals surface area (Å²) in [5, 5.41) is 8.00. The Morgan fingerprint density at radius 3 is 2.27 bits per heavy atom. The van der Waals surface area contributed by atoms with Crippen LogP contribution in [0, 0.1) is 17.5 Å². The van der Waals surface area contributed by atoms with Crippen molar-refractivity contribution in [2.24, 2.45) is 0 Å². The number of benzene rings is 1. The lowest BCUT2D eigenvalue weighted by Gasteiger charge is -2.44. The van der Waals surface area contributed by atoms with Crippen LogP contribution in [-0.4, -0.2) is 68.2 Å². The maximum absolute atomic E-state index is 13.9. The van der Waals surface area contributed by atoms with Gasteiger partial charge in [-0.2, -0.15) is 0 Å². The van der Waals surface area contributed by atoms with Crippen molar-refractivity contribution in [3.8, 4) is 11.3 Å². The standard InChI is InChI=1S/C25H22BrF3N4O7S/c1-11(34)37-10-20-23(38-12(2)35)22(33-9-19(31-32-33)14-4-17(27)21(29)18(28)5-14)24(39-13(3)36)25(40-20)41-16-6-15(26)7-30-8-16/h4-9,20,22-25H,10H2,1-3H3/t20?,22?,23-,24?,25+/m0/s1. The number of hydrogen-bond acceptors (Lipinski definition) is 11. The molecule has 0 N–H and O–H groups in total. The molecule has 0 aliphatic carbocycles. The van der Waals surface area contributed by atoms with Gasteiger partial charge in [-0.3, -0.25) is 19.4 Å². The Morgan fingerprint density at radius 2 is 1.66 bits per heavy atom. The van der Waals surface area contributed by atoms with Gasteiger partial charge in [0.05, 0.1) is 6.20 Å². The summed E-state index contributed by atoms with van der Waals surface area (Å²) in [5.41, 5.74) is -1.18. The lowest BCUT2D eigenvalue weighted by molar-refractivity contribution is -0.212. The molecule has 11 nitrogen and oxygen atoms in total. The number of nitrogens with zero attached hydrogens (tertiary/aromatic N) is 4. The monoisotopic (exact) mass is 658 g/mol. The topological polar surface area (TPSA) is 132 Å². The summed E-state index contributed by atoms with van der Waals surface area (Å²) in [4.78, 5) is 40.8. The summed E-state index contributed by atoms with van der Waals surface area (Å²) < 4.78 is 65.8. The van der Waals surface area contributed by atoms with Crippen molar-refractivity contribution in [3.05, 3.63) is 58.7 Å². The van der Waals surface area contributed by atoms with Gasteiger partial charge in [-0.25, -0.2) is 17.9 Å². The largest absolute Gasteiger partial charge is 0.463 e.